The number of nitriles is 1. The van der Waals surface area contributed by atoms with Gasteiger partial charge in [-0.1, -0.05) is 22.9 Å². The number of ether oxygens (including phenoxy) is 1. The van der Waals surface area contributed by atoms with Crippen molar-refractivity contribution in [1.29, 1.82) is 5.26 Å². The Labute approximate surface area is 218 Å². The number of hydrogen-bond donors (Lipinski definition) is 2. The van der Waals surface area contributed by atoms with Crippen LogP contribution < -0.4 is 10.6 Å². The number of hydrogen-bond acceptors (Lipinski definition) is 8. The summed E-state index contributed by atoms with van der Waals surface area (Å²) in [5.41, 5.74) is 2.16. The molecule has 2 amide bonds. The Kier molecular flexibility index (Phi) is 6.52. The van der Waals surface area contributed by atoms with Crippen molar-refractivity contribution in [3.63, 3.8) is 0 Å². The normalized spacial score (nSPS) is 22.8. The van der Waals surface area contributed by atoms with E-state index in [0.717, 1.165) is 25.7 Å². The highest BCUT2D eigenvalue weighted by molar-refractivity contribution is 6.30. The van der Waals surface area contributed by atoms with E-state index in [4.69, 9.17) is 21.6 Å². The first-order chi connectivity index (χ1) is 17.8. The Morgan fingerprint density at radius 2 is 2.00 bits per heavy atom. The number of pyridine rings is 2. The Balaban J connectivity index is 1.19. The molecule has 2 aliphatic carbocycles. The Morgan fingerprint density at radius 1 is 1.22 bits per heavy atom. The van der Waals surface area contributed by atoms with Crippen molar-refractivity contribution in [2.45, 2.75) is 38.7 Å². The molecule has 1 spiro atoms. The Bertz CT molecular complexity index is 1370. The van der Waals surface area contributed by atoms with Crippen LogP contribution in [0.15, 0.2) is 36.7 Å². The molecule has 0 radical (unpaired) electrons. The molecule has 3 heterocycles. The minimum absolute atomic E-state index is 0.0342. The highest BCUT2D eigenvalue weighted by Crippen LogP contribution is 2.61. The van der Waals surface area contributed by atoms with Crippen LogP contribution in [0.1, 0.15) is 44.3 Å². The lowest BCUT2D eigenvalue weighted by molar-refractivity contribution is -0.133. The van der Waals surface area contributed by atoms with Gasteiger partial charge in [0, 0.05) is 30.6 Å². The topological polar surface area (TPSA) is 148 Å². The van der Waals surface area contributed by atoms with E-state index in [1.807, 2.05) is 0 Å². The molecular weight excluding hydrogens is 496 g/mol. The van der Waals surface area contributed by atoms with E-state index in [2.05, 4.69) is 37.0 Å². The van der Waals surface area contributed by atoms with Crippen LogP contribution in [0, 0.1) is 28.6 Å². The van der Waals surface area contributed by atoms with Crippen molar-refractivity contribution < 1.29 is 14.3 Å². The second-order valence-corrected chi connectivity index (χ2v) is 10.1. The third kappa shape index (κ3) is 4.97. The van der Waals surface area contributed by atoms with Crippen molar-refractivity contribution in [2.24, 2.45) is 24.3 Å². The van der Waals surface area contributed by atoms with Gasteiger partial charge in [0.25, 0.3) is 0 Å². The molecule has 1 atom stereocenters. The van der Waals surface area contributed by atoms with E-state index < -0.39 is 12.2 Å². The summed E-state index contributed by atoms with van der Waals surface area (Å²) in [6.07, 6.45) is 5.23. The van der Waals surface area contributed by atoms with E-state index in [1.54, 1.807) is 50.6 Å². The molecule has 0 aromatic carbocycles. The minimum Gasteiger partial charge on any atom is -0.441 e. The van der Waals surface area contributed by atoms with Gasteiger partial charge in [-0.25, -0.2) is 14.5 Å². The zero-order valence-electron chi connectivity index (χ0n) is 20.3. The maximum absolute atomic E-state index is 12.6. The SMILES string of the molecule is CC(OC(=O)Nc1c(-c2ccc(NC(=O)C3CC4(CC(C#N)C4)C3)cn2)nnn1C)c1cccnc1Cl. The van der Waals surface area contributed by atoms with Crippen LogP contribution in [-0.4, -0.2) is 37.0 Å². The first-order valence-corrected chi connectivity index (χ1v) is 12.3. The number of nitrogens with one attached hydrogen (secondary N) is 2. The lowest BCUT2D eigenvalue weighted by Crippen LogP contribution is -2.50. The number of anilines is 2. The number of carbonyl (C=O) groups is 2. The number of rotatable bonds is 6. The standard InChI is InChI=1S/C25H25ClN8O3/c1-14(18-4-3-7-28-21(18)26)37-24(36)31-22-20(32-33-34(22)2)19-6-5-17(13-29-19)30-23(35)16-10-25(11-16)8-15(9-25)12-27/h3-7,13-16H,8-11H2,1-2H3,(H,30,35)(H,31,36). The monoisotopic (exact) mass is 520 g/mol. The van der Waals surface area contributed by atoms with E-state index in [9.17, 15) is 9.59 Å². The quantitative estimate of drug-likeness (QED) is 0.451. The molecule has 0 aliphatic heterocycles. The smallest absolute Gasteiger partial charge is 0.413 e. The molecule has 190 valence electrons. The predicted molar refractivity (Wildman–Crippen MR) is 134 cm³/mol. The van der Waals surface area contributed by atoms with Gasteiger partial charge in [-0.2, -0.15) is 5.26 Å². The lowest BCUT2D eigenvalue weighted by Gasteiger charge is -2.55. The van der Waals surface area contributed by atoms with Gasteiger partial charge in [0.15, 0.2) is 11.5 Å². The van der Waals surface area contributed by atoms with Gasteiger partial charge in [0.05, 0.1) is 23.6 Å². The summed E-state index contributed by atoms with van der Waals surface area (Å²) >= 11 is 6.09. The van der Waals surface area contributed by atoms with Crippen LogP contribution in [0.25, 0.3) is 11.4 Å². The molecular formula is C25H25ClN8O3. The fourth-order valence-electron chi connectivity index (χ4n) is 5.16. The molecule has 2 N–H and O–H groups in total. The van der Waals surface area contributed by atoms with Crippen molar-refractivity contribution in [3.8, 4) is 17.5 Å². The Morgan fingerprint density at radius 3 is 2.68 bits per heavy atom. The molecule has 3 aromatic rings. The number of carbonyl (C=O) groups excluding carboxylic acids is 2. The van der Waals surface area contributed by atoms with Crippen molar-refractivity contribution in [2.75, 3.05) is 10.6 Å². The number of halogens is 1. The fourth-order valence-corrected chi connectivity index (χ4v) is 5.43. The molecule has 1 unspecified atom stereocenters. The average Bonchev–Trinajstić information content (AvgIpc) is 3.18. The van der Waals surface area contributed by atoms with Gasteiger partial charge >= 0.3 is 6.09 Å². The maximum Gasteiger partial charge on any atom is 0.413 e. The molecule has 37 heavy (non-hydrogen) atoms. The molecule has 2 fully saturated rings. The van der Waals surface area contributed by atoms with E-state index >= 15 is 0 Å². The van der Waals surface area contributed by atoms with Crippen molar-refractivity contribution in [3.05, 3.63) is 47.4 Å². The molecule has 2 saturated carbocycles. The zero-order valence-corrected chi connectivity index (χ0v) is 21.1. The van der Waals surface area contributed by atoms with Gasteiger partial charge in [-0.05, 0) is 56.2 Å². The number of nitrogens with zero attached hydrogens (tertiary/aromatic N) is 6. The third-order valence-electron chi connectivity index (χ3n) is 7.10. The summed E-state index contributed by atoms with van der Waals surface area (Å²) in [7, 11) is 1.63. The molecule has 3 aromatic heterocycles. The summed E-state index contributed by atoms with van der Waals surface area (Å²) in [5, 5.41) is 22.9. The highest BCUT2D eigenvalue weighted by Gasteiger charge is 2.54. The predicted octanol–water partition coefficient (Wildman–Crippen LogP) is 4.50. The molecule has 0 saturated heterocycles. The lowest BCUT2D eigenvalue weighted by atomic mass is 9.48. The average molecular weight is 521 g/mol. The van der Waals surface area contributed by atoms with Gasteiger partial charge in [0.1, 0.15) is 11.3 Å². The maximum atomic E-state index is 12.6. The molecule has 2 aliphatic rings. The number of amides is 2. The van der Waals surface area contributed by atoms with Crippen LogP contribution in [0.5, 0.6) is 0 Å². The first-order valence-electron chi connectivity index (χ1n) is 11.9. The van der Waals surface area contributed by atoms with Gasteiger partial charge in [-0.3, -0.25) is 15.1 Å². The third-order valence-corrected chi connectivity index (χ3v) is 7.42. The summed E-state index contributed by atoms with van der Waals surface area (Å²) < 4.78 is 6.85. The zero-order chi connectivity index (χ0) is 26.2. The number of aromatic nitrogens is 5. The molecule has 12 heteroatoms. The second kappa shape index (κ2) is 9.78. The van der Waals surface area contributed by atoms with E-state index in [1.165, 1.54) is 4.68 Å². The number of aryl methyl sites for hydroxylation is 1. The fraction of sp³-hybridized carbons (Fsp3) is 0.400. The summed E-state index contributed by atoms with van der Waals surface area (Å²) in [6, 6.07) is 9.17. The van der Waals surface area contributed by atoms with E-state index in [-0.39, 0.29) is 28.3 Å². The van der Waals surface area contributed by atoms with Crippen LogP contribution in [0.2, 0.25) is 5.15 Å². The van der Waals surface area contributed by atoms with Crippen LogP contribution in [-0.2, 0) is 16.6 Å². The highest BCUT2D eigenvalue weighted by atomic mass is 35.5. The van der Waals surface area contributed by atoms with Crippen LogP contribution in [0.3, 0.4) is 0 Å². The Hall–Kier alpha value is -4.04. The molecule has 0 bridgehead atoms. The minimum atomic E-state index is -0.714. The second-order valence-electron chi connectivity index (χ2n) is 9.73. The van der Waals surface area contributed by atoms with Crippen LogP contribution >= 0.6 is 11.6 Å². The van der Waals surface area contributed by atoms with Crippen LogP contribution in [0.4, 0.5) is 16.3 Å². The largest absolute Gasteiger partial charge is 0.441 e. The van der Waals surface area contributed by atoms with Gasteiger partial charge < -0.3 is 10.1 Å². The van der Waals surface area contributed by atoms with Crippen molar-refractivity contribution >= 4 is 35.1 Å². The molecule has 11 nitrogen and oxygen atoms in total. The summed E-state index contributed by atoms with van der Waals surface area (Å²) in [5.74, 6) is 0.374. The molecule has 5 rings (SSSR count). The summed E-state index contributed by atoms with van der Waals surface area (Å²) in [6.45, 7) is 1.69. The first kappa shape index (κ1) is 24.6. The van der Waals surface area contributed by atoms with E-state index in [0.29, 0.717) is 28.5 Å². The van der Waals surface area contributed by atoms with Gasteiger partial charge in [-0.15, -0.1) is 5.10 Å². The van der Waals surface area contributed by atoms with Gasteiger partial charge in [0.2, 0.25) is 5.91 Å². The van der Waals surface area contributed by atoms with Crippen molar-refractivity contribution in [1.82, 2.24) is 25.0 Å². The summed E-state index contributed by atoms with van der Waals surface area (Å²) in [4.78, 5) is 33.6.